The predicted octanol–water partition coefficient (Wildman–Crippen LogP) is 6.14. The van der Waals surface area contributed by atoms with Crippen LogP contribution >= 0.6 is 33.9 Å². The standard InChI is InChI=1S/C25H36IN3O2S/c1-17(2)31-23(30)28-19(4)25(12-11-21-9-10-22(26)32-21)13-14-29(16-25)24(5,6)20-8-7-18(3)27-15-20/h7-10,15,17,19H,11-14,16H2,1-6H3,(H,28,30)/t19-,25?/m0/s1. The van der Waals surface area contributed by atoms with Crippen LogP contribution < -0.4 is 5.32 Å². The molecule has 7 heteroatoms. The van der Waals surface area contributed by atoms with Crippen LogP contribution in [0.15, 0.2) is 30.5 Å². The average molecular weight is 570 g/mol. The van der Waals surface area contributed by atoms with Crippen LogP contribution in [0.1, 0.15) is 63.6 Å². The number of hydrogen-bond acceptors (Lipinski definition) is 5. The zero-order valence-corrected chi connectivity index (χ0v) is 23.0. The Hall–Kier alpha value is -1.19. The summed E-state index contributed by atoms with van der Waals surface area (Å²) in [5.74, 6) is 0. The van der Waals surface area contributed by atoms with Crippen LogP contribution in [0.4, 0.5) is 4.79 Å². The Morgan fingerprint density at radius 3 is 2.66 bits per heavy atom. The first kappa shape index (κ1) is 25.4. The van der Waals surface area contributed by atoms with Crippen LogP contribution in [0.2, 0.25) is 0 Å². The highest BCUT2D eigenvalue weighted by atomic mass is 127. The Labute approximate surface area is 210 Å². The van der Waals surface area contributed by atoms with Crippen molar-refractivity contribution in [2.45, 2.75) is 78.5 Å². The van der Waals surface area contributed by atoms with Crippen molar-refractivity contribution in [3.63, 3.8) is 0 Å². The van der Waals surface area contributed by atoms with E-state index >= 15 is 0 Å². The largest absolute Gasteiger partial charge is 0.447 e. The van der Waals surface area contributed by atoms with Gasteiger partial charge in [0.25, 0.3) is 0 Å². The number of rotatable bonds is 8. The molecule has 3 rings (SSSR count). The average Bonchev–Trinajstić information content (AvgIpc) is 3.33. The topological polar surface area (TPSA) is 54.5 Å². The molecule has 2 aromatic rings. The molecule has 1 amide bonds. The molecule has 1 N–H and O–H groups in total. The Kier molecular flexibility index (Phi) is 8.25. The number of likely N-dealkylation sites (tertiary alicyclic amines) is 1. The molecule has 0 saturated carbocycles. The van der Waals surface area contributed by atoms with Crippen LogP contribution in [0, 0.1) is 15.2 Å². The molecule has 1 aliphatic heterocycles. The number of aryl methyl sites for hydroxylation is 2. The third kappa shape index (κ3) is 6.03. The van der Waals surface area contributed by atoms with Gasteiger partial charge < -0.3 is 10.1 Å². The molecule has 176 valence electrons. The lowest BCUT2D eigenvalue weighted by atomic mass is 9.76. The summed E-state index contributed by atoms with van der Waals surface area (Å²) in [5.41, 5.74) is 2.12. The molecule has 5 nitrogen and oxygen atoms in total. The van der Waals surface area contributed by atoms with E-state index < -0.39 is 0 Å². The molecule has 0 bridgehead atoms. The molecule has 0 spiro atoms. The van der Waals surface area contributed by atoms with Crippen molar-refractivity contribution in [2.24, 2.45) is 5.41 Å². The number of amides is 1. The predicted molar refractivity (Wildman–Crippen MR) is 140 cm³/mol. The molecule has 0 aromatic carbocycles. The van der Waals surface area contributed by atoms with Gasteiger partial charge in [-0.2, -0.15) is 0 Å². The van der Waals surface area contributed by atoms with Gasteiger partial charge in [-0.05, 0) is 114 Å². The van der Waals surface area contributed by atoms with Gasteiger partial charge in [0.2, 0.25) is 0 Å². The Bertz CT molecular complexity index is 912. The first-order valence-corrected chi connectivity index (χ1v) is 13.3. The molecule has 0 radical (unpaired) electrons. The van der Waals surface area contributed by atoms with Crippen molar-refractivity contribution in [3.05, 3.63) is 49.5 Å². The summed E-state index contributed by atoms with van der Waals surface area (Å²) in [4.78, 5) is 20.9. The van der Waals surface area contributed by atoms with Crippen LogP contribution in [0.3, 0.4) is 0 Å². The molecule has 1 saturated heterocycles. The number of pyridine rings is 1. The Morgan fingerprint density at radius 2 is 2.06 bits per heavy atom. The van der Waals surface area contributed by atoms with E-state index in [0.29, 0.717) is 0 Å². The quantitative estimate of drug-likeness (QED) is 0.388. The molecule has 2 aromatic heterocycles. The zero-order valence-electron chi connectivity index (χ0n) is 20.1. The molecule has 3 heterocycles. The number of nitrogens with zero attached hydrogens (tertiary/aromatic N) is 2. The fourth-order valence-corrected chi connectivity index (χ4v) is 6.35. The maximum Gasteiger partial charge on any atom is 0.407 e. The van der Waals surface area contributed by atoms with Crippen molar-refractivity contribution in [1.82, 2.24) is 15.2 Å². The third-order valence-electron chi connectivity index (χ3n) is 6.89. The maximum atomic E-state index is 12.4. The highest BCUT2D eigenvalue weighted by Gasteiger charge is 2.47. The number of aromatic nitrogens is 1. The molecule has 0 aliphatic carbocycles. The molecule has 2 atom stereocenters. The summed E-state index contributed by atoms with van der Waals surface area (Å²) >= 11 is 4.25. The highest BCUT2D eigenvalue weighted by Crippen LogP contribution is 2.44. The van der Waals surface area contributed by atoms with Gasteiger partial charge in [-0.3, -0.25) is 9.88 Å². The van der Waals surface area contributed by atoms with E-state index in [1.54, 1.807) is 0 Å². The summed E-state index contributed by atoms with van der Waals surface area (Å²) in [6, 6.07) is 8.72. The minimum atomic E-state index is -0.321. The number of ether oxygens (including phenoxy) is 1. The summed E-state index contributed by atoms with van der Waals surface area (Å²) in [5, 5.41) is 3.16. The van der Waals surface area contributed by atoms with Gasteiger partial charge in [0, 0.05) is 40.3 Å². The summed E-state index contributed by atoms with van der Waals surface area (Å²) in [6.45, 7) is 14.4. The van der Waals surface area contributed by atoms with Crippen molar-refractivity contribution >= 4 is 40.0 Å². The lowest BCUT2D eigenvalue weighted by Crippen LogP contribution is -2.50. The van der Waals surface area contributed by atoms with E-state index in [1.165, 1.54) is 13.3 Å². The number of alkyl carbamates (subject to hydrolysis) is 1. The number of carbonyl (C=O) groups is 1. The lowest BCUT2D eigenvalue weighted by Gasteiger charge is -2.40. The molecular formula is C25H36IN3O2S. The van der Waals surface area contributed by atoms with E-state index in [2.05, 4.69) is 82.8 Å². The smallest absolute Gasteiger partial charge is 0.407 e. The molecule has 1 fully saturated rings. The van der Waals surface area contributed by atoms with Crippen molar-refractivity contribution < 1.29 is 9.53 Å². The first-order valence-electron chi connectivity index (χ1n) is 11.4. The van der Waals surface area contributed by atoms with Crippen LogP contribution in [-0.2, 0) is 16.7 Å². The number of carbonyl (C=O) groups excluding carboxylic acids is 1. The monoisotopic (exact) mass is 569 g/mol. The van der Waals surface area contributed by atoms with E-state index in [4.69, 9.17) is 4.74 Å². The molecule has 1 unspecified atom stereocenters. The van der Waals surface area contributed by atoms with E-state index in [9.17, 15) is 4.79 Å². The second kappa shape index (κ2) is 10.4. The van der Waals surface area contributed by atoms with Gasteiger partial charge in [-0.25, -0.2) is 4.79 Å². The first-order chi connectivity index (χ1) is 15.0. The van der Waals surface area contributed by atoms with Gasteiger partial charge in [0.05, 0.1) is 8.99 Å². The van der Waals surface area contributed by atoms with Crippen molar-refractivity contribution in [3.8, 4) is 0 Å². The van der Waals surface area contributed by atoms with Gasteiger partial charge in [-0.1, -0.05) is 6.07 Å². The van der Waals surface area contributed by atoms with Crippen LogP contribution in [-0.4, -0.2) is 41.2 Å². The molecular weight excluding hydrogens is 533 g/mol. The normalized spacial score (nSPS) is 20.5. The van der Waals surface area contributed by atoms with Crippen LogP contribution in [0.5, 0.6) is 0 Å². The minimum Gasteiger partial charge on any atom is -0.447 e. The lowest BCUT2D eigenvalue weighted by molar-refractivity contribution is 0.0892. The third-order valence-corrected chi connectivity index (χ3v) is 8.84. The van der Waals surface area contributed by atoms with Gasteiger partial charge in [-0.15, -0.1) is 11.3 Å². The molecule has 32 heavy (non-hydrogen) atoms. The number of hydrogen-bond donors (Lipinski definition) is 1. The Morgan fingerprint density at radius 1 is 1.31 bits per heavy atom. The fourth-order valence-electron chi connectivity index (χ4n) is 4.60. The Balaban J connectivity index is 1.80. The summed E-state index contributed by atoms with van der Waals surface area (Å²) in [6.07, 6.45) is 4.66. The number of halogens is 1. The fraction of sp³-hybridized carbons (Fsp3) is 0.600. The zero-order chi connectivity index (χ0) is 23.5. The summed E-state index contributed by atoms with van der Waals surface area (Å²) in [7, 11) is 0. The minimum absolute atomic E-state index is 0.0131. The van der Waals surface area contributed by atoms with Crippen molar-refractivity contribution in [2.75, 3.05) is 13.1 Å². The van der Waals surface area contributed by atoms with Gasteiger partial charge >= 0.3 is 6.09 Å². The second-order valence-corrected chi connectivity index (χ2v) is 12.9. The highest BCUT2D eigenvalue weighted by molar-refractivity contribution is 14.1. The van der Waals surface area contributed by atoms with Crippen molar-refractivity contribution in [1.29, 1.82) is 0 Å². The van der Waals surface area contributed by atoms with E-state index in [0.717, 1.165) is 38.0 Å². The number of nitrogens with one attached hydrogen (secondary N) is 1. The second-order valence-electron chi connectivity index (χ2n) is 9.81. The maximum absolute atomic E-state index is 12.4. The van der Waals surface area contributed by atoms with Gasteiger partial charge in [0.15, 0.2) is 0 Å². The van der Waals surface area contributed by atoms with Crippen LogP contribution in [0.25, 0.3) is 0 Å². The number of thiophene rings is 1. The SMILES string of the molecule is Cc1ccc(C(C)(C)N2CCC(CCc3ccc(I)s3)([C@H](C)NC(=O)OC(C)C)C2)cn1. The summed E-state index contributed by atoms with van der Waals surface area (Å²) < 4.78 is 6.71. The van der Waals surface area contributed by atoms with E-state index in [1.807, 2.05) is 38.3 Å². The molecule has 1 aliphatic rings. The van der Waals surface area contributed by atoms with Gasteiger partial charge in [0.1, 0.15) is 0 Å². The van der Waals surface area contributed by atoms with E-state index in [-0.39, 0.29) is 29.2 Å².